The molecule has 3 rings (SSSR count). The van der Waals surface area contributed by atoms with E-state index in [4.69, 9.17) is 9.47 Å². The fraction of sp³-hybridized carbons (Fsp3) is 0.269. The molecule has 0 amide bonds. The summed E-state index contributed by atoms with van der Waals surface area (Å²) in [5.41, 5.74) is 3.51. The zero-order valence-electron chi connectivity index (χ0n) is 18.3. The summed E-state index contributed by atoms with van der Waals surface area (Å²) in [6.07, 6.45) is 6.10. The number of hydrogen-bond acceptors (Lipinski definition) is 4. The normalized spacial score (nSPS) is 11.4. The Balaban J connectivity index is 1.74. The molecule has 0 aliphatic carbocycles. The summed E-state index contributed by atoms with van der Waals surface area (Å²) in [4.78, 5) is 14.9. The van der Waals surface area contributed by atoms with Crippen molar-refractivity contribution in [2.75, 3.05) is 6.61 Å². The van der Waals surface area contributed by atoms with Gasteiger partial charge in [-0.3, -0.25) is 4.79 Å². The molecule has 0 atom stereocenters. The van der Waals surface area contributed by atoms with Gasteiger partial charge in [0.2, 0.25) is 5.75 Å². The number of aromatic hydroxyl groups is 1. The van der Waals surface area contributed by atoms with Crippen LogP contribution in [0.5, 0.6) is 17.2 Å². The summed E-state index contributed by atoms with van der Waals surface area (Å²) in [7, 11) is 0. The Morgan fingerprint density at radius 3 is 2.55 bits per heavy atom. The van der Waals surface area contributed by atoms with Crippen molar-refractivity contribution in [2.45, 2.75) is 40.2 Å². The van der Waals surface area contributed by atoms with Crippen molar-refractivity contribution in [1.82, 2.24) is 4.98 Å². The predicted octanol–water partition coefficient (Wildman–Crippen LogP) is 5.88. The molecule has 0 fully saturated rings. The highest BCUT2D eigenvalue weighted by molar-refractivity contribution is 5.88. The van der Waals surface area contributed by atoms with E-state index in [1.807, 2.05) is 43.3 Å². The first-order chi connectivity index (χ1) is 14.9. The molecule has 3 aromatic rings. The van der Waals surface area contributed by atoms with Gasteiger partial charge in [-0.15, -0.1) is 0 Å². The third-order valence-electron chi connectivity index (χ3n) is 4.91. The number of pyridine rings is 1. The highest BCUT2D eigenvalue weighted by Gasteiger charge is 2.13. The molecule has 1 heterocycles. The van der Waals surface area contributed by atoms with Gasteiger partial charge in [0.15, 0.2) is 5.75 Å². The number of benzene rings is 2. The summed E-state index contributed by atoms with van der Waals surface area (Å²) >= 11 is 0. The molecular weight excluding hydrogens is 390 g/mol. The van der Waals surface area contributed by atoms with Gasteiger partial charge in [-0.25, -0.2) is 0 Å². The Morgan fingerprint density at radius 1 is 1.03 bits per heavy atom. The third-order valence-corrected chi connectivity index (χ3v) is 4.91. The molecule has 0 unspecified atom stereocenters. The molecule has 162 valence electrons. The van der Waals surface area contributed by atoms with E-state index in [9.17, 15) is 9.90 Å². The van der Waals surface area contributed by atoms with Crippen LogP contribution in [-0.4, -0.2) is 16.7 Å². The van der Waals surface area contributed by atoms with Crippen LogP contribution in [0, 0.1) is 0 Å². The van der Waals surface area contributed by atoms with E-state index in [0.717, 1.165) is 18.4 Å². The largest absolute Gasteiger partial charge is 0.500 e. The Labute approximate surface area is 182 Å². The molecular formula is C26H29NO4. The van der Waals surface area contributed by atoms with Gasteiger partial charge in [-0.1, -0.05) is 47.6 Å². The van der Waals surface area contributed by atoms with Crippen LogP contribution in [0.1, 0.15) is 39.2 Å². The lowest BCUT2D eigenvalue weighted by Crippen LogP contribution is -2.08. The van der Waals surface area contributed by atoms with Crippen molar-refractivity contribution < 1.29 is 14.6 Å². The predicted molar refractivity (Wildman–Crippen MR) is 125 cm³/mol. The minimum absolute atomic E-state index is 0.182. The summed E-state index contributed by atoms with van der Waals surface area (Å²) in [5.74, 6) is 0.390. The first-order valence-corrected chi connectivity index (χ1v) is 10.4. The maximum absolute atomic E-state index is 12.2. The van der Waals surface area contributed by atoms with Gasteiger partial charge in [0.1, 0.15) is 19.0 Å². The summed E-state index contributed by atoms with van der Waals surface area (Å²) in [6.45, 7) is 6.92. The number of aromatic nitrogens is 1. The second-order valence-electron chi connectivity index (χ2n) is 7.80. The van der Waals surface area contributed by atoms with Gasteiger partial charge in [-0.2, -0.15) is 0 Å². The highest BCUT2D eigenvalue weighted by atomic mass is 16.5. The summed E-state index contributed by atoms with van der Waals surface area (Å²) in [5, 5.41) is 10.9. The monoisotopic (exact) mass is 419 g/mol. The molecule has 31 heavy (non-hydrogen) atoms. The Bertz CT molecular complexity index is 1140. The second-order valence-corrected chi connectivity index (χ2v) is 7.80. The first kappa shape index (κ1) is 22.2. The number of ether oxygens (including phenoxy) is 2. The van der Waals surface area contributed by atoms with Crippen molar-refractivity contribution in [1.29, 1.82) is 0 Å². The quantitative estimate of drug-likeness (QED) is 0.425. The Kier molecular flexibility index (Phi) is 7.55. The van der Waals surface area contributed by atoms with E-state index in [0.29, 0.717) is 23.3 Å². The lowest BCUT2D eigenvalue weighted by molar-refractivity contribution is 0.306. The SMILES string of the molecule is CC(C)=CCC/C(C)=C/COc1c(O)c(=O)[nH]c2cc(OCc3ccccc3)ccc12. The van der Waals surface area contributed by atoms with Crippen molar-refractivity contribution in [3.05, 3.63) is 87.7 Å². The van der Waals surface area contributed by atoms with Crippen molar-refractivity contribution in [3.63, 3.8) is 0 Å². The number of H-pyrrole nitrogens is 1. The van der Waals surface area contributed by atoms with E-state index in [-0.39, 0.29) is 12.4 Å². The number of fused-ring (bicyclic) bond motifs is 1. The van der Waals surface area contributed by atoms with Crippen LogP contribution < -0.4 is 15.0 Å². The van der Waals surface area contributed by atoms with Crippen LogP contribution in [0.3, 0.4) is 0 Å². The summed E-state index contributed by atoms with van der Waals surface area (Å²) in [6, 6.07) is 15.2. The van der Waals surface area contributed by atoms with E-state index >= 15 is 0 Å². The molecule has 1 aromatic heterocycles. The Hall–Kier alpha value is -3.47. The van der Waals surface area contributed by atoms with E-state index in [2.05, 4.69) is 24.9 Å². The zero-order valence-corrected chi connectivity index (χ0v) is 18.3. The van der Waals surface area contributed by atoms with Crippen LogP contribution in [-0.2, 0) is 6.61 Å². The van der Waals surface area contributed by atoms with Gasteiger partial charge >= 0.3 is 0 Å². The van der Waals surface area contributed by atoms with Crippen molar-refractivity contribution in [2.24, 2.45) is 0 Å². The first-order valence-electron chi connectivity index (χ1n) is 10.4. The molecule has 0 radical (unpaired) electrons. The average Bonchev–Trinajstić information content (AvgIpc) is 2.75. The maximum Gasteiger partial charge on any atom is 0.294 e. The van der Waals surface area contributed by atoms with Crippen molar-refractivity contribution in [3.8, 4) is 17.2 Å². The molecule has 5 nitrogen and oxygen atoms in total. The molecule has 0 bridgehead atoms. The number of allylic oxidation sites excluding steroid dienone is 3. The lowest BCUT2D eigenvalue weighted by Gasteiger charge is -2.12. The van der Waals surface area contributed by atoms with Crippen molar-refractivity contribution >= 4 is 10.9 Å². The van der Waals surface area contributed by atoms with Gasteiger partial charge < -0.3 is 19.6 Å². The van der Waals surface area contributed by atoms with E-state index < -0.39 is 11.3 Å². The smallest absolute Gasteiger partial charge is 0.294 e. The van der Waals surface area contributed by atoms with Crippen LogP contribution in [0.25, 0.3) is 10.9 Å². The summed E-state index contributed by atoms with van der Waals surface area (Å²) < 4.78 is 11.6. The molecule has 5 heteroatoms. The Morgan fingerprint density at radius 2 is 1.81 bits per heavy atom. The fourth-order valence-electron chi connectivity index (χ4n) is 3.17. The topological polar surface area (TPSA) is 71.5 Å². The molecule has 0 saturated heterocycles. The van der Waals surface area contributed by atoms with Crippen LogP contribution in [0.2, 0.25) is 0 Å². The number of rotatable bonds is 9. The minimum Gasteiger partial charge on any atom is -0.500 e. The standard InChI is InChI=1S/C26H29NO4/c1-18(2)8-7-9-19(3)14-15-30-25-22-13-12-21(16-23(22)27-26(29)24(25)28)31-17-20-10-5-4-6-11-20/h4-6,8,10-14,16,28H,7,9,15,17H2,1-3H3,(H,27,29)/b19-14+. The van der Waals surface area contributed by atoms with E-state index in [1.165, 1.54) is 11.1 Å². The van der Waals surface area contributed by atoms with Gasteiger partial charge in [0, 0.05) is 11.5 Å². The number of aromatic amines is 1. The van der Waals surface area contributed by atoms with Crippen LogP contribution in [0.15, 0.2) is 76.6 Å². The zero-order chi connectivity index (χ0) is 22.2. The fourth-order valence-corrected chi connectivity index (χ4v) is 3.17. The minimum atomic E-state index is -0.591. The molecule has 0 aliphatic heterocycles. The molecule has 2 aromatic carbocycles. The average molecular weight is 420 g/mol. The van der Waals surface area contributed by atoms with E-state index in [1.54, 1.807) is 18.2 Å². The molecule has 0 spiro atoms. The van der Waals surface area contributed by atoms with Gasteiger partial charge in [0.05, 0.1) is 5.52 Å². The van der Waals surface area contributed by atoms with Crippen LogP contribution >= 0.6 is 0 Å². The van der Waals surface area contributed by atoms with Crippen LogP contribution in [0.4, 0.5) is 0 Å². The third kappa shape index (κ3) is 6.25. The lowest BCUT2D eigenvalue weighted by atomic mass is 10.1. The van der Waals surface area contributed by atoms with Gasteiger partial charge in [0.25, 0.3) is 5.56 Å². The second kappa shape index (κ2) is 10.5. The number of hydrogen-bond donors (Lipinski definition) is 2. The molecule has 0 saturated carbocycles. The maximum atomic E-state index is 12.2. The number of nitrogens with one attached hydrogen (secondary N) is 1. The highest BCUT2D eigenvalue weighted by Crippen LogP contribution is 2.32. The van der Waals surface area contributed by atoms with Gasteiger partial charge in [-0.05, 0) is 57.4 Å². The molecule has 0 aliphatic rings. The molecule has 2 N–H and O–H groups in total.